The molecule has 2 amide bonds. The predicted octanol–water partition coefficient (Wildman–Crippen LogP) is 3.13. The van der Waals surface area contributed by atoms with Gasteiger partial charge in [0.25, 0.3) is 5.91 Å². The third-order valence-electron chi connectivity index (χ3n) is 4.12. The largest absolute Gasteiger partial charge is 0.385 e. The molecule has 0 radical (unpaired) electrons. The van der Waals surface area contributed by atoms with E-state index < -0.39 is 0 Å². The van der Waals surface area contributed by atoms with Crippen LogP contribution in [0, 0.1) is 0 Å². The van der Waals surface area contributed by atoms with Crippen molar-refractivity contribution < 1.29 is 18.8 Å². The zero-order valence-electron chi connectivity index (χ0n) is 15.9. The summed E-state index contributed by atoms with van der Waals surface area (Å²) in [6.07, 6.45) is 5.28. The maximum atomic E-state index is 12.9. The summed E-state index contributed by atoms with van der Waals surface area (Å²) in [6, 6.07) is 9.15. The molecule has 2 rings (SSSR count). The number of anilines is 1. The van der Waals surface area contributed by atoms with Gasteiger partial charge in [0.1, 0.15) is 12.8 Å². The van der Waals surface area contributed by atoms with Crippen molar-refractivity contribution in [3.63, 3.8) is 0 Å². The SMILES string of the molecule is CCCCc1ccc(C(=O)N(CCCOC)CC(=O)Nc2ccon2)cc1. The maximum Gasteiger partial charge on any atom is 0.254 e. The van der Waals surface area contributed by atoms with Crippen LogP contribution < -0.4 is 5.32 Å². The monoisotopic (exact) mass is 373 g/mol. The first kappa shape index (κ1) is 20.6. The molecule has 1 N–H and O–H groups in total. The van der Waals surface area contributed by atoms with Crippen LogP contribution in [0.25, 0.3) is 0 Å². The van der Waals surface area contributed by atoms with E-state index in [1.807, 2.05) is 24.3 Å². The first-order chi connectivity index (χ1) is 13.1. The van der Waals surface area contributed by atoms with Gasteiger partial charge in [0.15, 0.2) is 5.82 Å². The fraction of sp³-hybridized carbons (Fsp3) is 0.450. The third-order valence-corrected chi connectivity index (χ3v) is 4.12. The maximum absolute atomic E-state index is 12.9. The molecule has 27 heavy (non-hydrogen) atoms. The standard InChI is InChI=1S/C20H27N3O4/c1-3-4-6-16-7-9-17(10-8-16)20(25)23(12-5-13-26-2)15-19(24)21-18-11-14-27-22-18/h7-11,14H,3-6,12-13,15H2,1-2H3,(H,21,22,24). The molecule has 2 aromatic rings. The Labute approximate surface area is 159 Å². The van der Waals surface area contributed by atoms with Crippen LogP contribution in [0.4, 0.5) is 5.82 Å². The summed E-state index contributed by atoms with van der Waals surface area (Å²) >= 11 is 0. The van der Waals surface area contributed by atoms with E-state index in [-0.39, 0.29) is 18.4 Å². The fourth-order valence-corrected chi connectivity index (χ4v) is 2.66. The highest BCUT2D eigenvalue weighted by molar-refractivity contribution is 5.99. The molecular formula is C20H27N3O4. The van der Waals surface area contributed by atoms with E-state index in [1.54, 1.807) is 13.2 Å². The van der Waals surface area contributed by atoms with Gasteiger partial charge >= 0.3 is 0 Å². The van der Waals surface area contributed by atoms with Gasteiger partial charge in [-0.3, -0.25) is 9.59 Å². The molecular weight excluding hydrogens is 346 g/mol. The summed E-state index contributed by atoms with van der Waals surface area (Å²) < 4.78 is 9.75. The molecule has 0 atom stereocenters. The van der Waals surface area contributed by atoms with Crippen LogP contribution in [0.2, 0.25) is 0 Å². The van der Waals surface area contributed by atoms with Crippen molar-refractivity contribution in [2.24, 2.45) is 0 Å². The van der Waals surface area contributed by atoms with Crippen molar-refractivity contribution in [2.45, 2.75) is 32.6 Å². The molecule has 7 heteroatoms. The predicted molar refractivity (Wildman–Crippen MR) is 103 cm³/mol. The number of aromatic nitrogens is 1. The van der Waals surface area contributed by atoms with E-state index in [0.29, 0.717) is 31.0 Å². The zero-order valence-corrected chi connectivity index (χ0v) is 15.9. The van der Waals surface area contributed by atoms with Crippen molar-refractivity contribution in [3.8, 4) is 0 Å². The number of rotatable bonds is 11. The van der Waals surface area contributed by atoms with Crippen LogP contribution in [-0.2, 0) is 16.0 Å². The number of nitrogens with one attached hydrogen (secondary N) is 1. The molecule has 0 aliphatic heterocycles. The first-order valence-corrected chi connectivity index (χ1v) is 9.21. The second-order valence-corrected chi connectivity index (χ2v) is 6.31. The summed E-state index contributed by atoms with van der Waals surface area (Å²) in [5, 5.41) is 6.26. The average molecular weight is 373 g/mol. The minimum Gasteiger partial charge on any atom is -0.385 e. The van der Waals surface area contributed by atoms with Gasteiger partial charge < -0.3 is 19.5 Å². The van der Waals surface area contributed by atoms with Gasteiger partial charge in [-0.2, -0.15) is 0 Å². The molecule has 146 valence electrons. The number of nitrogens with zero attached hydrogens (tertiary/aromatic N) is 2. The van der Waals surface area contributed by atoms with E-state index in [2.05, 4.69) is 17.4 Å². The molecule has 0 saturated heterocycles. The van der Waals surface area contributed by atoms with E-state index >= 15 is 0 Å². The summed E-state index contributed by atoms with van der Waals surface area (Å²) in [5.74, 6) is -0.178. The second-order valence-electron chi connectivity index (χ2n) is 6.31. The lowest BCUT2D eigenvalue weighted by Crippen LogP contribution is -2.39. The number of carbonyl (C=O) groups excluding carboxylic acids is 2. The number of amides is 2. The molecule has 7 nitrogen and oxygen atoms in total. The van der Waals surface area contributed by atoms with Gasteiger partial charge in [-0.15, -0.1) is 0 Å². The Kier molecular flexibility index (Phi) is 8.51. The lowest BCUT2D eigenvalue weighted by Gasteiger charge is -2.22. The molecule has 0 aliphatic carbocycles. The highest BCUT2D eigenvalue weighted by Crippen LogP contribution is 2.11. The lowest BCUT2D eigenvalue weighted by molar-refractivity contribution is -0.117. The van der Waals surface area contributed by atoms with Crippen LogP contribution >= 0.6 is 0 Å². The van der Waals surface area contributed by atoms with Gasteiger partial charge in [0.2, 0.25) is 5.91 Å². The Morgan fingerprint density at radius 2 is 1.96 bits per heavy atom. The highest BCUT2D eigenvalue weighted by Gasteiger charge is 2.19. The van der Waals surface area contributed by atoms with E-state index in [0.717, 1.165) is 19.3 Å². The van der Waals surface area contributed by atoms with Crippen molar-refractivity contribution in [1.29, 1.82) is 0 Å². The fourth-order valence-electron chi connectivity index (χ4n) is 2.66. The van der Waals surface area contributed by atoms with Gasteiger partial charge in [-0.05, 0) is 37.0 Å². The Balaban J connectivity index is 2.02. The van der Waals surface area contributed by atoms with Crippen LogP contribution in [0.3, 0.4) is 0 Å². The van der Waals surface area contributed by atoms with Crippen LogP contribution in [0.5, 0.6) is 0 Å². The van der Waals surface area contributed by atoms with E-state index in [1.165, 1.54) is 16.7 Å². The van der Waals surface area contributed by atoms with Crippen LogP contribution in [-0.4, -0.2) is 48.7 Å². The summed E-state index contributed by atoms with van der Waals surface area (Å²) in [6.45, 7) is 3.04. The Morgan fingerprint density at radius 1 is 1.19 bits per heavy atom. The molecule has 0 spiro atoms. The van der Waals surface area contributed by atoms with Crippen molar-refractivity contribution >= 4 is 17.6 Å². The van der Waals surface area contributed by atoms with Crippen molar-refractivity contribution in [2.75, 3.05) is 32.1 Å². The highest BCUT2D eigenvalue weighted by atomic mass is 16.5. The van der Waals surface area contributed by atoms with Crippen molar-refractivity contribution in [3.05, 3.63) is 47.7 Å². The second kappa shape index (κ2) is 11.1. The number of unbranched alkanes of at least 4 members (excludes halogenated alkanes) is 1. The molecule has 1 aromatic carbocycles. The molecule has 0 aliphatic rings. The Bertz CT molecular complexity index is 699. The number of methoxy groups -OCH3 is 1. The molecule has 0 bridgehead atoms. The number of carbonyl (C=O) groups is 2. The summed E-state index contributed by atoms with van der Waals surface area (Å²) in [4.78, 5) is 26.6. The lowest BCUT2D eigenvalue weighted by atomic mass is 10.1. The number of aryl methyl sites for hydroxylation is 1. The Hall–Kier alpha value is -2.67. The topological polar surface area (TPSA) is 84.7 Å². The molecule has 1 heterocycles. The van der Waals surface area contributed by atoms with Gasteiger partial charge in [0.05, 0.1) is 0 Å². The van der Waals surface area contributed by atoms with Gasteiger partial charge in [-0.1, -0.05) is 30.6 Å². The minimum atomic E-state index is -0.325. The molecule has 1 aromatic heterocycles. The van der Waals surface area contributed by atoms with E-state index in [9.17, 15) is 9.59 Å². The average Bonchev–Trinajstić information content (AvgIpc) is 3.18. The number of benzene rings is 1. The van der Waals surface area contributed by atoms with E-state index in [4.69, 9.17) is 9.26 Å². The summed E-state index contributed by atoms with van der Waals surface area (Å²) in [5.41, 5.74) is 1.78. The van der Waals surface area contributed by atoms with Crippen LogP contribution in [0.1, 0.15) is 42.1 Å². The zero-order chi connectivity index (χ0) is 19.5. The smallest absolute Gasteiger partial charge is 0.254 e. The number of ether oxygens (including phenoxy) is 1. The third kappa shape index (κ3) is 6.86. The summed E-state index contributed by atoms with van der Waals surface area (Å²) in [7, 11) is 1.61. The molecule has 0 fully saturated rings. The number of hydrogen-bond donors (Lipinski definition) is 1. The Morgan fingerprint density at radius 3 is 2.59 bits per heavy atom. The normalized spacial score (nSPS) is 10.6. The molecule has 0 saturated carbocycles. The van der Waals surface area contributed by atoms with Crippen molar-refractivity contribution in [1.82, 2.24) is 10.1 Å². The van der Waals surface area contributed by atoms with Gasteiger partial charge in [-0.25, -0.2) is 0 Å². The van der Waals surface area contributed by atoms with Crippen LogP contribution in [0.15, 0.2) is 41.1 Å². The quantitative estimate of drug-likeness (QED) is 0.612. The van der Waals surface area contributed by atoms with Gasteiger partial charge in [0, 0.05) is 31.9 Å². The first-order valence-electron chi connectivity index (χ1n) is 9.21. The molecule has 0 unspecified atom stereocenters. The minimum absolute atomic E-state index is 0.0625. The number of hydrogen-bond acceptors (Lipinski definition) is 5.